The van der Waals surface area contributed by atoms with Crippen LogP contribution in [0.25, 0.3) is 0 Å². The predicted octanol–water partition coefficient (Wildman–Crippen LogP) is 4.45. The molecule has 128 valence electrons. The topological polar surface area (TPSA) is 23.6 Å². The second-order valence-corrected chi connectivity index (χ2v) is 7.83. The van der Waals surface area contributed by atoms with Gasteiger partial charge in [0.15, 0.2) is 0 Å². The summed E-state index contributed by atoms with van der Waals surface area (Å²) in [7, 11) is 0. The maximum Gasteiger partial charge on any atom is 0.254 e. The Labute approximate surface area is 148 Å². The second-order valence-electron chi connectivity index (χ2n) is 6.89. The molecular weight excluding hydrogens is 316 g/mol. The van der Waals surface area contributed by atoms with Crippen molar-refractivity contribution in [3.8, 4) is 0 Å². The van der Waals surface area contributed by atoms with Crippen molar-refractivity contribution in [1.82, 2.24) is 4.90 Å². The fourth-order valence-electron chi connectivity index (χ4n) is 3.18. The van der Waals surface area contributed by atoms with Crippen molar-refractivity contribution < 1.29 is 4.79 Å². The number of aryl methyl sites for hydroxylation is 1. The summed E-state index contributed by atoms with van der Waals surface area (Å²) in [6, 6.07) is 8.53. The molecule has 0 atom stereocenters. The van der Waals surface area contributed by atoms with Gasteiger partial charge < -0.3 is 9.80 Å². The number of piperazine rings is 1. The number of amides is 1. The van der Waals surface area contributed by atoms with Crippen LogP contribution in [0, 0.1) is 13.8 Å². The number of thiophene rings is 1. The highest BCUT2D eigenvalue weighted by Crippen LogP contribution is 2.26. The van der Waals surface area contributed by atoms with Crippen LogP contribution in [0.15, 0.2) is 29.6 Å². The van der Waals surface area contributed by atoms with Gasteiger partial charge in [0.2, 0.25) is 0 Å². The van der Waals surface area contributed by atoms with E-state index in [0.29, 0.717) is 5.92 Å². The van der Waals surface area contributed by atoms with Gasteiger partial charge in [-0.1, -0.05) is 26.0 Å². The molecular formula is C20H26N2OS. The van der Waals surface area contributed by atoms with E-state index in [-0.39, 0.29) is 5.91 Å². The molecule has 1 saturated heterocycles. The first kappa shape index (κ1) is 17.0. The number of anilines is 1. The maximum atomic E-state index is 12.7. The normalized spacial score (nSPS) is 15.2. The molecule has 0 bridgehead atoms. The third-order valence-corrected chi connectivity index (χ3v) is 6.15. The number of hydrogen-bond donors (Lipinski definition) is 0. The highest BCUT2D eigenvalue weighted by molar-refractivity contribution is 7.10. The molecule has 0 radical (unpaired) electrons. The van der Waals surface area contributed by atoms with Gasteiger partial charge in [0.1, 0.15) is 0 Å². The quantitative estimate of drug-likeness (QED) is 0.823. The molecule has 0 unspecified atom stereocenters. The SMILES string of the molecule is Cc1cccc(N2CCN(C(=O)c3csc(C(C)C)c3)CC2)c1C. The second kappa shape index (κ2) is 6.98. The number of rotatable bonds is 3. The van der Waals surface area contributed by atoms with E-state index in [0.717, 1.165) is 31.7 Å². The van der Waals surface area contributed by atoms with E-state index in [4.69, 9.17) is 0 Å². The van der Waals surface area contributed by atoms with Crippen LogP contribution < -0.4 is 4.90 Å². The minimum atomic E-state index is 0.179. The first-order chi connectivity index (χ1) is 11.5. The molecule has 1 aromatic heterocycles. The van der Waals surface area contributed by atoms with Gasteiger partial charge in [0.25, 0.3) is 5.91 Å². The molecule has 1 fully saturated rings. The van der Waals surface area contributed by atoms with Crippen molar-refractivity contribution in [3.63, 3.8) is 0 Å². The van der Waals surface area contributed by atoms with Crippen molar-refractivity contribution in [2.75, 3.05) is 31.1 Å². The van der Waals surface area contributed by atoms with Gasteiger partial charge in [-0.2, -0.15) is 0 Å². The van der Waals surface area contributed by atoms with Crippen LogP contribution in [0.1, 0.15) is 46.1 Å². The molecule has 0 spiro atoms. The Balaban J connectivity index is 1.66. The molecule has 2 aromatic rings. The van der Waals surface area contributed by atoms with Gasteiger partial charge >= 0.3 is 0 Å². The maximum absolute atomic E-state index is 12.7. The molecule has 0 aliphatic carbocycles. The minimum absolute atomic E-state index is 0.179. The number of benzene rings is 1. The lowest BCUT2D eigenvalue weighted by molar-refractivity contribution is 0.0747. The summed E-state index contributed by atoms with van der Waals surface area (Å²) in [5.41, 5.74) is 4.82. The zero-order valence-electron chi connectivity index (χ0n) is 15.0. The molecule has 0 saturated carbocycles. The zero-order chi connectivity index (χ0) is 17.3. The Morgan fingerprint density at radius 3 is 2.46 bits per heavy atom. The molecule has 0 N–H and O–H groups in total. The van der Waals surface area contributed by atoms with E-state index >= 15 is 0 Å². The first-order valence-electron chi connectivity index (χ1n) is 8.66. The van der Waals surface area contributed by atoms with E-state index in [1.54, 1.807) is 11.3 Å². The summed E-state index contributed by atoms with van der Waals surface area (Å²) in [5, 5.41) is 2.01. The fourth-order valence-corrected chi connectivity index (χ4v) is 4.08. The largest absolute Gasteiger partial charge is 0.368 e. The van der Waals surface area contributed by atoms with E-state index in [1.807, 2.05) is 10.3 Å². The number of carbonyl (C=O) groups excluding carboxylic acids is 1. The van der Waals surface area contributed by atoms with E-state index in [2.05, 4.69) is 56.9 Å². The zero-order valence-corrected chi connectivity index (χ0v) is 15.8. The Hall–Kier alpha value is -1.81. The van der Waals surface area contributed by atoms with E-state index in [1.165, 1.54) is 21.7 Å². The number of nitrogens with zero attached hydrogens (tertiary/aromatic N) is 2. The monoisotopic (exact) mass is 342 g/mol. The smallest absolute Gasteiger partial charge is 0.254 e. The van der Waals surface area contributed by atoms with Crippen LogP contribution in [0.4, 0.5) is 5.69 Å². The predicted molar refractivity (Wildman–Crippen MR) is 102 cm³/mol. The lowest BCUT2D eigenvalue weighted by Crippen LogP contribution is -2.49. The van der Waals surface area contributed by atoms with Gasteiger partial charge in [-0.3, -0.25) is 4.79 Å². The summed E-state index contributed by atoms with van der Waals surface area (Å²) in [5.74, 6) is 0.663. The molecule has 2 heterocycles. The first-order valence-corrected chi connectivity index (χ1v) is 9.54. The number of carbonyl (C=O) groups is 1. The van der Waals surface area contributed by atoms with Gasteiger partial charge in [0.05, 0.1) is 5.56 Å². The van der Waals surface area contributed by atoms with Crippen LogP contribution in [0.2, 0.25) is 0 Å². The third kappa shape index (κ3) is 3.34. The Morgan fingerprint density at radius 2 is 1.83 bits per heavy atom. The lowest BCUT2D eigenvalue weighted by atomic mass is 10.1. The average Bonchev–Trinajstić information content (AvgIpc) is 3.07. The highest BCUT2D eigenvalue weighted by atomic mass is 32.1. The van der Waals surface area contributed by atoms with E-state index < -0.39 is 0 Å². The van der Waals surface area contributed by atoms with Crippen molar-refractivity contribution in [2.45, 2.75) is 33.6 Å². The Bertz CT molecular complexity index is 727. The Kier molecular flexibility index (Phi) is 4.95. The molecule has 3 rings (SSSR count). The fraction of sp³-hybridized carbons (Fsp3) is 0.450. The van der Waals surface area contributed by atoms with Crippen LogP contribution in [-0.4, -0.2) is 37.0 Å². The number of hydrogen-bond acceptors (Lipinski definition) is 3. The Morgan fingerprint density at radius 1 is 1.12 bits per heavy atom. The van der Waals surface area contributed by atoms with Crippen molar-refractivity contribution in [3.05, 3.63) is 51.2 Å². The van der Waals surface area contributed by atoms with Crippen LogP contribution in [0.5, 0.6) is 0 Å². The van der Waals surface area contributed by atoms with Crippen molar-refractivity contribution in [1.29, 1.82) is 0 Å². The molecule has 4 heteroatoms. The molecule has 1 aliphatic rings. The van der Waals surface area contributed by atoms with Crippen molar-refractivity contribution >= 4 is 22.9 Å². The summed E-state index contributed by atoms with van der Waals surface area (Å²) >= 11 is 1.69. The molecule has 1 aromatic carbocycles. The highest BCUT2D eigenvalue weighted by Gasteiger charge is 2.24. The summed E-state index contributed by atoms with van der Waals surface area (Å²) in [6.07, 6.45) is 0. The minimum Gasteiger partial charge on any atom is -0.368 e. The summed E-state index contributed by atoms with van der Waals surface area (Å²) in [4.78, 5) is 18.4. The van der Waals surface area contributed by atoms with Gasteiger partial charge in [0, 0.05) is 42.1 Å². The van der Waals surface area contributed by atoms with Crippen LogP contribution in [0.3, 0.4) is 0 Å². The standard InChI is InChI=1S/C20H26N2OS/c1-14(2)19-12-17(13-24-19)20(23)22-10-8-21(9-11-22)18-7-5-6-15(3)16(18)4/h5-7,12-14H,8-11H2,1-4H3. The summed E-state index contributed by atoms with van der Waals surface area (Å²) < 4.78 is 0. The average molecular weight is 343 g/mol. The van der Waals surface area contributed by atoms with Gasteiger partial charge in [-0.05, 0) is 43.0 Å². The molecule has 1 amide bonds. The van der Waals surface area contributed by atoms with Crippen molar-refractivity contribution in [2.24, 2.45) is 0 Å². The van der Waals surface area contributed by atoms with Gasteiger partial charge in [-0.25, -0.2) is 0 Å². The van der Waals surface area contributed by atoms with Crippen LogP contribution >= 0.6 is 11.3 Å². The van der Waals surface area contributed by atoms with Gasteiger partial charge in [-0.15, -0.1) is 11.3 Å². The molecule has 3 nitrogen and oxygen atoms in total. The molecule has 1 aliphatic heterocycles. The molecule has 24 heavy (non-hydrogen) atoms. The van der Waals surface area contributed by atoms with E-state index in [9.17, 15) is 4.79 Å². The third-order valence-electron chi connectivity index (χ3n) is 4.92. The summed E-state index contributed by atoms with van der Waals surface area (Å²) in [6.45, 7) is 12.1. The van der Waals surface area contributed by atoms with Crippen LogP contribution in [-0.2, 0) is 0 Å². The lowest BCUT2D eigenvalue weighted by Gasteiger charge is -2.37.